The molecule has 2 aromatic carbocycles. The number of carbonyl (C=O) groups is 2. The molecule has 2 N–H and O–H groups in total. The van der Waals surface area contributed by atoms with Crippen LogP contribution in [0.4, 0.5) is 8.78 Å². The number of halogens is 3. The quantitative estimate of drug-likeness (QED) is 0.154. The van der Waals surface area contributed by atoms with E-state index in [-0.39, 0.29) is 68.0 Å². The highest BCUT2D eigenvalue weighted by Gasteiger charge is 2.44. The number of sulfone groups is 1. The Kier molecular flexibility index (Phi) is 14.3. The number of aromatic nitrogens is 4. The van der Waals surface area contributed by atoms with E-state index in [1.807, 2.05) is 83.1 Å². The Bertz CT molecular complexity index is 2440. The fourth-order valence-corrected chi connectivity index (χ4v) is 9.80. The minimum absolute atomic E-state index is 0.0284. The third-order valence-electron chi connectivity index (χ3n) is 11.0. The van der Waals surface area contributed by atoms with Gasteiger partial charge in [-0.2, -0.15) is 10.2 Å². The Morgan fingerprint density at radius 2 is 1.12 bits per heavy atom. The molecule has 0 bridgehead atoms. The van der Waals surface area contributed by atoms with Crippen LogP contribution in [-0.2, 0) is 40.3 Å². The summed E-state index contributed by atoms with van der Waals surface area (Å²) in [5.74, 6) is -2.14. The van der Waals surface area contributed by atoms with Crippen molar-refractivity contribution in [3.63, 3.8) is 0 Å². The van der Waals surface area contributed by atoms with Gasteiger partial charge >= 0.3 is 0 Å². The highest BCUT2D eigenvalue weighted by atomic mass is 35.5. The third-order valence-corrected chi connectivity index (χ3v) is 13.6. The average Bonchev–Trinajstić information content (AvgIpc) is 3.89. The lowest BCUT2D eigenvalue weighted by molar-refractivity contribution is -0.118. The number of sulfonamides is 1. The number of hydrogen-bond donors (Lipinski definition) is 1. The van der Waals surface area contributed by atoms with Crippen LogP contribution in [-0.4, -0.2) is 53.2 Å². The first-order valence-corrected chi connectivity index (χ1v) is 23.3. The van der Waals surface area contributed by atoms with E-state index in [2.05, 4.69) is 10.2 Å². The van der Waals surface area contributed by atoms with Crippen LogP contribution in [0.2, 0.25) is 0 Å². The maximum absolute atomic E-state index is 14.2. The molecular formula is C43H58ClF2N5O6S2. The van der Waals surface area contributed by atoms with Crippen molar-refractivity contribution in [2.24, 2.45) is 5.14 Å². The zero-order chi connectivity index (χ0) is 44.7. The first kappa shape index (κ1) is 47.9. The van der Waals surface area contributed by atoms with Crippen molar-refractivity contribution in [2.75, 3.05) is 5.75 Å². The van der Waals surface area contributed by atoms with Gasteiger partial charge in [0, 0.05) is 30.4 Å². The molecule has 0 spiro atoms. The van der Waals surface area contributed by atoms with Crippen LogP contribution >= 0.6 is 11.6 Å². The molecule has 2 aromatic heterocycles. The minimum atomic E-state index is -3.85. The van der Waals surface area contributed by atoms with E-state index < -0.39 is 36.9 Å². The molecule has 16 heteroatoms. The van der Waals surface area contributed by atoms with Gasteiger partial charge in [-0.3, -0.25) is 19.0 Å². The predicted molar refractivity (Wildman–Crippen MR) is 226 cm³/mol. The van der Waals surface area contributed by atoms with Crippen molar-refractivity contribution >= 4 is 42.5 Å². The van der Waals surface area contributed by atoms with Crippen molar-refractivity contribution < 1.29 is 35.2 Å². The molecule has 0 radical (unpaired) electrons. The van der Waals surface area contributed by atoms with E-state index in [1.165, 1.54) is 30.3 Å². The van der Waals surface area contributed by atoms with E-state index >= 15 is 0 Å². The maximum Gasteiger partial charge on any atom is 0.257 e. The second kappa shape index (κ2) is 17.7. The number of Topliss-reactive ketones (excluding diaryl/α,β-unsaturated/α-hetero) is 1. The fraction of sp³-hybridized carbons (Fsp3) is 0.535. The maximum atomic E-state index is 14.2. The van der Waals surface area contributed by atoms with Crippen LogP contribution in [0.5, 0.6) is 0 Å². The standard InChI is InChI=1S/C22H29FN2O3S.C15H18ClFO.C6H11N3O2S/c1-13(2)16-9-15(23)10-18-21(16)17(11-22(18,5)6)19(26)12-29(27,28)20-7-8-25(24-20)14(3)4;1-8(2)10-5-9(17)6-12-13(10)11(14(16)18)7-15(12,3)4;1-5(2)9-4-3-6(8-9)12(7,10)11/h7-10,13-14,17H,11-12H2,1-6H3;5-6,8,11H,7H2,1-4H3;3-5H,1-2H3,(H2,7,10,11). The van der Waals surface area contributed by atoms with Gasteiger partial charge in [0.2, 0.25) is 15.1 Å². The molecule has 11 nitrogen and oxygen atoms in total. The number of fused-ring (bicyclic) bond motifs is 2. The molecule has 2 atom stereocenters. The largest absolute Gasteiger partial charge is 0.298 e. The number of nitrogens with zero attached hydrogens (tertiary/aromatic N) is 4. The first-order valence-electron chi connectivity index (χ1n) is 19.7. The second-order valence-electron chi connectivity index (χ2n) is 18.0. The Morgan fingerprint density at radius 1 is 0.729 bits per heavy atom. The lowest BCUT2D eigenvalue weighted by Crippen LogP contribution is -2.23. The Balaban J connectivity index is 0.000000217. The summed E-state index contributed by atoms with van der Waals surface area (Å²) >= 11 is 5.72. The first-order chi connectivity index (χ1) is 27.0. The van der Waals surface area contributed by atoms with Gasteiger partial charge in [-0.15, -0.1) is 0 Å². The van der Waals surface area contributed by atoms with Gasteiger partial charge in [0.15, 0.2) is 15.8 Å². The van der Waals surface area contributed by atoms with Gasteiger partial charge in [0.25, 0.3) is 10.0 Å². The van der Waals surface area contributed by atoms with Crippen LogP contribution in [0.1, 0.15) is 165 Å². The monoisotopic (exact) mass is 877 g/mol. The zero-order valence-corrected chi connectivity index (χ0v) is 38.4. The van der Waals surface area contributed by atoms with Crippen molar-refractivity contribution in [3.8, 4) is 0 Å². The average molecular weight is 879 g/mol. The minimum Gasteiger partial charge on any atom is -0.298 e. The lowest BCUT2D eigenvalue weighted by Gasteiger charge is -2.20. The second-order valence-corrected chi connectivity index (χ2v) is 21.9. The third kappa shape index (κ3) is 10.8. The molecule has 2 aliphatic rings. The number of primary sulfonamides is 1. The summed E-state index contributed by atoms with van der Waals surface area (Å²) in [6.45, 7) is 23.6. The van der Waals surface area contributed by atoms with Crippen molar-refractivity contribution in [3.05, 3.63) is 93.8 Å². The molecule has 4 aromatic rings. The molecule has 0 saturated carbocycles. The summed E-state index contributed by atoms with van der Waals surface area (Å²) in [6, 6.07) is 9.05. The van der Waals surface area contributed by atoms with Gasteiger partial charge in [-0.05, 0) is 145 Å². The molecule has 0 fully saturated rings. The molecule has 59 heavy (non-hydrogen) atoms. The lowest BCUT2D eigenvalue weighted by atomic mass is 9.85. The van der Waals surface area contributed by atoms with E-state index in [0.29, 0.717) is 12.8 Å². The molecule has 0 aliphatic heterocycles. The van der Waals surface area contributed by atoms with Crippen molar-refractivity contribution in [1.29, 1.82) is 0 Å². The van der Waals surface area contributed by atoms with Gasteiger partial charge in [-0.25, -0.2) is 30.8 Å². The molecule has 2 unspecified atom stereocenters. The molecule has 2 aliphatic carbocycles. The smallest absolute Gasteiger partial charge is 0.257 e. The summed E-state index contributed by atoms with van der Waals surface area (Å²) in [5, 5.41) is 12.3. The van der Waals surface area contributed by atoms with E-state index in [4.69, 9.17) is 16.7 Å². The molecule has 0 amide bonds. The number of benzene rings is 2. The van der Waals surface area contributed by atoms with Gasteiger partial charge < -0.3 is 0 Å². The molecule has 324 valence electrons. The number of hydrogen-bond acceptors (Lipinski definition) is 8. The summed E-state index contributed by atoms with van der Waals surface area (Å²) in [5.41, 5.74) is 4.60. The fourth-order valence-electron chi connectivity index (χ4n) is 7.94. The van der Waals surface area contributed by atoms with Gasteiger partial charge in [0.1, 0.15) is 17.4 Å². The van der Waals surface area contributed by atoms with Crippen LogP contribution in [0.25, 0.3) is 0 Å². The highest BCUT2D eigenvalue weighted by molar-refractivity contribution is 7.92. The Hall–Kier alpha value is -3.79. The summed E-state index contributed by atoms with van der Waals surface area (Å²) in [4.78, 5) is 24.8. The van der Waals surface area contributed by atoms with E-state index in [1.54, 1.807) is 27.8 Å². The number of carbonyl (C=O) groups excluding carboxylic acids is 2. The number of rotatable bonds is 10. The molecule has 2 heterocycles. The SMILES string of the molecule is CC(C)c1cc(F)cc2c1C(C(=O)CS(=O)(=O)c1ccn(C(C)C)n1)CC2(C)C.CC(C)c1cc(F)cc2c1C(C(=O)Cl)CC2(C)C.CC(C)n1ccc(S(N)(=O)=O)n1. The van der Waals surface area contributed by atoms with Crippen molar-refractivity contribution in [1.82, 2.24) is 19.6 Å². The van der Waals surface area contributed by atoms with Crippen LogP contribution in [0, 0.1) is 11.6 Å². The van der Waals surface area contributed by atoms with E-state index in [0.717, 1.165) is 33.4 Å². The summed E-state index contributed by atoms with van der Waals surface area (Å²) in [7, 11) is -7.49. The van der Waals surface area contributed by atoms with Crippen molar-refractivity contribution in [2.45, 2.75) is 153 Å². The zero-order valence-electron chi connectivity index (χ0n) is 36.0. The summed E-state index contributed by atoms with van der Waals surface area (Å²) in [6.07, 6.45) is 4.33. The van der Waals surface area contributed by atoms with Gasteiger partial charge in [-0.1, -0.05) is 55.4 Å². The van der Waals surface area contributed by atoms with E-state index in [9.17, 15) is 35.2 Å². The van der Waals surface area contributed by atoms with Gasteiger partial charge in [0.05, 0.1) is 5.92 Å². The summed E-state index contributed by atoms with van der Waals surface area (Å²) < 4.78 is 78.3. The van der Waals surface area contributed by atoms with Crippen LogP contribution in [0.3, 0.4) is 0 Å². The Labute approximate surface area is 353 Å². The molecular weight excluding hydrogens is 820 g/mol. The Morgan fingerprint density at radius 3 is 1.47 bits per heavy atom. The molecule has 0 saturated heterocycles. The topological polar surface area (TPSA) is 164 Å². The number of nitrogens with two attached hydrogens (primary N) is 1. The number of ketones is 1. The van der Waals surface area contributed by atoms with Crippen LogP contribution < -0.4 is 5.14 Å². The highest BCUT2D eigenvalue weighted by Crippen LogP contribution is 2.51. The predicted octanol–water partition coefficient (Wildman–Crippen LogP) is 9.13. The normalized spacial score (nSPS) is 18.0. The molecule has 6 rings (SSSR count). The van der Waals surface area contributed by atoms with Crippen LogP contribution in [0.15, 0.2) is 58.8 Å².